The average Bonchev–Trinajstić information content (AvgIpc) is 2.36. The summed E-state index contributed by atoms with van der Waals surface area (Å²) in [6, 6.07) is 4.04. The first-order valence-corrected chi connectivity index (χ1v) is 6.42. The summed E-state index contributed by atoms with van der Waals surface area (Å²) in [5, 5.41) is 9.60. The third-order valence-corrected chi connectivity index (χ3v) is 2.51. The molecule has 0 aromatic heterocycles. The molecule has 0 fully saturated rings. The van der Waals surface area contributed by atoms with Crippen LogP contribution >= 0.6 is 0 Å². The Kier molecular flexibility index (Phi) is 6.77. The van der Waals surface area contributed by atoms with Gasteiger partial charge in [-0.3, -0.25) is 0 Å². The summed E-state index contributed by atoms with van der Waals surface area (Å²) in [7, 11) is 0. The van der Waals surface area contributed by atoms with Gasteiger partial charge in [-0.1, -0.05) is 0 Å². The maximum atomic E-state index is 13.2. The van der Waals surface area contributed by atoms with E-state index in [2.05, 4.69) is 0 Å². The van der Waals surface area contributed by atoms with E-state index in [4.69, 9.17) is 14.2 Å². The largest absolute Gasteiger partial charge is 0.488 e. The lowest BCUT2D eigenvalue weighted by molar-refractivity contribution is -0.152. The van der Waals surface area contributed by atoms with E-state index in [0.29, 0.717) is 24.5 Å². The van der Waals surface area contributed by atoms with Crippen LogP contribution in [0.25, 0.3) is 0 Å². The zero-order chi connectivity index (χ0) is 14.3. The van der Waals surface area contributed by atoms with Crippen molar-refractivity contribution in [2.75, 3.05) is 19.8 Å². The minimum absolute atomic E-state index is 0.144. The monoisotopic (exact) mass is 272 g/mol. The van der Waals surface area contributed by atoms with Crippen molar-refractivity contribution in [3.05, 3.63) is 29.6 Å². The Morgan fingerprint density at radius 2 is 1.84 bits per heavy atom. The molecule has 0 saturated carbocycles. The van der Waals surface area contributed by atoms with Crippen molar-refractivity contribution in [2.24, 2.45) is 0 Å². The number of hydrogen-bond acceptors (Lipinski definition) is 4. The third-order valence-electron chi connectivity index (χ3n) is 2.51. The Hall–Kier alpha value is -1.17. The number of aliphatic hydroxyl groups is 1. The van der Waals surface area contributed by atoms with Crippen molar-refractivity contribution in [2.45, 2.75) is 33.2 Å². The van der Waals surface area contributed by atoms with Gasteiger partial charge in [-0.15, -0.1) is 0 Å². The molecule has 0 aliphatic rings. The van der Waals surface area contributed by atoms with Crippen molar-refractivity contribution in [3.63, 3.8) is 0 Å². The molecule has 0 heterocycles. The molecule has 1 rings (SSSR count). The van der Waals surface area contributed by atoms with Crippen LogP contribution in [0.2, 0.25) is 0 Å². The molecule has 1 atom stereocenters. The van der Waals surface area contributed by atoms with E-state index in [0.717, 1.165) is 0 Å². The zero-order valence-corrected chi connectivity index (χ0v) is 11.6. The van der Waals surface area contributed by atoms with Gasteiger partial charge in [-0.25, -0.2) is 4.39 Å². The zero-order valence-electron chi connectivity index (χ0n) is 11.6. The highest BCUT2D eigenvalue weighted by Crippen LogP contribution is 2.26. The number of aliphatic hydroxyl groups excluding tert-OH is 1. The quantitative estimate of drug-likeness (QED) is 0.739. The minimum Gasteiger partial charge on any atom is -0.488 e. The number of hydrogen-bond donors (Lipinski definition) is 1. The van der Waals surface area contributed by atoms with Crippen LogP contribution in [0.1, 0.15) is 32.4 Å². The van der Waals surface area contributed by atoms with Gasteiger partial charge in [0.15, 0.2) is 6.29 Å². The highest BCUT2D eigenvalue weighted by atomic mass is 19.1. The average molecular weight is 272 g/mol. The van der Waals surface area contributed by atoms with Gasteiger partial charge in [0, 0.05) is 24.8 Å². The number of halogens is 1. The standard InChI is InChI=1S/C14H21FO4/c1-4-17-14(18-5-2)9-19-13-8-11(15)6-7-12(13)10(3)16/h6-8,10,14,16H,4-5,9H2,1-3H3/t10-/m1/s1. The molecule has 108 valence electrons. The summed E-state index contributed by atoms with van der Waals surface area (Å²) in [4.78, 5) is 0. The second-order valence-corrected chi connectivity index (χ2v) is 4.01. The van der Waals surface area contributed by atoms with Crippen LogP contribution in [0.5, 0.6) is 5.75 Å². The topological polar surface area (TPSA) is 47.9 Å². The molecular formula is C14H21FO4. The van der Waals surface area contributed by atoms with E-state index in [1.165, 1.54) is 18.2 Å². The van der Waals surface area contributed by atoms with E-state index >= 15 is 0 Å². The van der Waals surface area contributed by atoms with E-state index in [9.17, 15) is 9.50 Å². The van der Waals surface area contributed by atoms with Crippen LogP contribution in [0.15, 0.2) is 18.2 Å². The summed E-state index contributed by atoms with van der Waals surface area (Å²) >= 11 is 0. The summed E-state index contributed by atoms with van der Waals surface area (Å²) < 4.78 is 29.4. The molecule has 1 aromatic carbocycles. The normalized spacial score (nSPS) is 12.7. The fourth-order valence-corrected chi connectivity index (χ4v) is 1.65. The highest BCUT2D eigenvalue weighted by molar-refractivity contribution is 5.35. The molecule has 0 unspecified atom stereocenters. The van der Waals surface area contributed by atoms with Gasteiger partial charge < -0.3 is 19.3 Å². The molecule has 0 saturated heterocycles. The van der Waals surface area contributed by atoms with Crippen LogP contribution < -0.4 is 4.74 Å². The Labute approximate surface area is 113 Å². The first kappa shape index (κ1) is 15.9. The molecule has 0 amide bonds. The Bertz CT molecular complexity index is 376. The predicted molar refractivity (Wildman–Crippen MR) is 69.6 cm³/mol. The molecule has 19 heavy (non-hydrogen) atoms. The van der Waals surface area contributed by atoms with Crippen LogP contribution in [-0.2, 0) is 9.47 Å². The number of rotatable bonds is 8. The van der Waals surface area contributed by atoms with Crippen molar-refractivity contribution in [1.82, 2.24) is 0 Å². The lowest BCUT2D eigenvalue weighted by Gasteiger charge is -2.19. The summed E-state index contributed by atoms with van der Waals surface area (Å²) in [6.45, 7) is 6.46. The van der Waals surface area contributed by atoms with Crippen molar-refractivity contribution >= 4 is 0 Å². The molecule has 0 aliphatic heterocycles. The lowest BCUT2D eigenvalue weighted by atomic mass is 10.1. The number of benzene rings is 1. The van der Waals surface area contributed by atoms with Crippen LogP contribution in [0, 0.1) is 5.82 Å². The smallest absolute Gasteiger partial charge is 0.191 e. The fraction of sp³-hybridized carbons (Fsp3) is 0.571. The molecule has 0 aliphatic carbocycles. The van der Waals surface area contributed by atoms with Crippen molar-refractivity contribution in [1.29, 1.82) is 0 Å². The minimum atomic E-state index is -0.728. The molecule has 1 aromatic rings. The maximum Gasteiger partial charge on any atom is 0.191 e. The van der Waals surface area contributed by atoms with Gasteiger partial charge in [0.25, 0.3) is 0 Å². The lowest BCUT2D eigenvalue weighted by Crippen LogP contribution is -2.25. The van der Waals surface area contributed by atoms with Crippen molar-refractivity contribution < 1.29 is 23.7 Å². The van der Waals surface area contributed by atoms with Crippen LogP contribution in [0.3, 0.4) is 0 Å². The summed E-state index contributed by atoms with van der Waals surface area (Å²) in [5.74, 6) is -0.108. The summed E-state index contributed by atoms with van der Waals surface area (Å²) in [6.07, 6.45) is -1.23. The number of ether oxygens (including phenoxy) is 3. The van der Waals surface area contributed by atoms with Crippen LogP contribution in [-0.4, -0.2) is 31.2 Å². The van der Waals surface area contributed by atoms with E-state index in [1.807, 2.05) is 13.8 Å². The van der Waals surface area contributed by atoms with Crippen molar-refractivity contribution in [3.8, 4) is 5.75 Å². The van der Waals surface area contributed by atoms with Gasteiger partial charge >= 0.3 is 0 Å². The maximum absolute atomic E-state index is 13.2. The predicted octanol–water partition coefficient (Wildman–Crippen LogP) is 2.66. The van der Waals surface area contributed by atoms with Gasteiger partial charge in [0.1, 0.15) is 18.2 Å². The molecule has 5 heteroatoms. The van der Waals surface area contributed by atoms with E-state index in [1.54, 1.807) is 6.92 Å². The van der Waals surface area contributed by atoms with Crippen LogP contribution in [0.4, 0.5) is 4.39 Å². The molecule has 4 nitrogen and oxygen atoms in total. The third kappa shape index (κ3) is 5.14. The SMILES string of the molecule is CCOC(COc1cc(F)ccc1[C@@H](C)O)OCC. The molecule has 0 bridgehead atoms. The molecular weight excluding hydrogens is 251 g/mol. The second-order valence-electron chi connectivity index (χ2n) is 4.01. The highest BCUT2D eigenvalue weighted by Gasteiger charge is 2.14. The van der Waals surface area contributed by atoms with E-state index in [-0.39, 0.29) is 6.61 Å². The van der Waals surface area contributed by atoms with Gasteiger partial charge in [0.2, 0.25) is 0 Å². The van der Waals surface area contributed by atoms with Gasteiger partial charge in [-0.2, -0.15) is 0 Å². The van der Waals surface area contributed by atoms with Gasteiger partial charge in [0.05, 0.1) is 6.10 Å². The molecule has 1 N–H and O–H groups in total. The molecule has 0 spiro atoms. The Balaban J connectivity index is 2.71. The van der Waals surface area contributed by atoms with E-state index < -0.39 is 18.2 Å². The first-order chi connectivity index (χ1) is 9.08. The van der Waals surface area contributed by atoms with Gasteiger partial charge in [-0.05, 0) is 32.9 Å². The fourth-order valence-electron chi connectivity index (χ4n) is 1.65. The Morgan fingerprint density at radius 1 is 1.21 bits per heavy atom. The first-order valence-electron chi connectivity index (χ1n) is 6.42. The second kappa shape index (κ2) is 8.09. The summed E-state index contributed by atoms with van der Waals surface area (Å²) in [5.41, 5.74) is 0.535. The Morgan fingerprint density at radius 3 is 2.37 bits per heavy atom. The molecule has 0 radical (unpaired) electrons.